The Morgan fingerprint density at radius 1 is 1.50 bits per heavy atom. The van der Waals surface area contributed by atoms with Crippen LogP contribution < -0.4 is 0 Å². The summed E-state index contributed by atoms with van der Waals surface area (Å²) in [5.74, 6) is 0.393. The highest BCUT2D eigenvalue weighted by Gasteiger charge is 2.33. The van der Waals surface area contributed by atoms with Crippen molar-refractivity contribution in [2.24, 2.45) is 5.41 Å². The van der Waals surface area contributed by atoms with Crippen LogP contribution in [0.3, 0.4) is 0 Å². The van der Waals surface area contributed by atoms with Crippen molar-refractivity contribution in [3.05, 3.63) is 12.2 Å². The van der Waals surface area contributed by atoms with Gasteiger partial charge in [0, 0.05) is 6.61 Å². The van der Waals surface area contributed by atoms with E-state index in [1.54, 1.807) is 0 Å². The molecule has 0 aromatic rings. The molecule has 0 fully saturated rings. The third-order valence-electron chi connectivity index (χ3n) is 2.95. The highest BCUT2D eigenvalue weighted by molar-refractivity contribution is 6.18. The average Bonchev–Trinajstić information content (AvgIpc) is 2.57. The lowest BCUT2D eigenvalue weighted by molar-refractivity contribution is -0.166. The molecule has 1 aliphatic carbocycles. The van der Waals surface area contributed by atoms with Crippen LogP contribution in [0.4, 0.5) is 0 Å². The Bertz CT molecular complexity index is 226. The van der Waals surface area contributed by atoms with Gasteiger partial charge in [-0.1, -0.05) is 39.3 Å². The summed E-state index contributed by atoms with van der Waals surface area (Å²) in [6.45, 7) is 7.28. The van der Waals surface area contributed by atoms with E-state index in [0.29, 0.717) is 5.88 Å². The summed E-state index contributed by atoms with van der Waals surface area (Å²) < 4.78 is 11.5. The highest BCUT2D eigenvalue weighted by Crippen LogP contribution is 2.35. The molecule has 0 saturated carbocycles. The maximum Gasteiger partial charge on any atom is 0.171 e. The van der Waals surface area contributed by atoms with Gasteiger partial charge in [0.15, 0.2) is 6.29 Å². The molecule has 0 aromatic carbocycles. The van der Waals surface area contributed by atoms with Gasteiger partial charge in [-0.3, -0.25) is 0 Å². The first-order chi connectivity index (χ1) is 7.60. The molecule has 0 heterocycles. The number of ether oxygens (including phenoxy) is 2. The minimum Gasteiger partial charge on any atom is -0.351 e. The molecular formula is C13H23ClO2. The summed E-state index contributed by atoms with van der Waals surface area (Å²) in [5.41, 5.74) is 0.165. The molecule has 0 aromatic heterocycles. The van der Waals surface area contributed by atoms with E-state index in [1.807, 2.05) is 0 Å². The van der Waals surface area contributed by atoms with Crippen molar-refractivity contribution >= 4 is 11.6 Å². The van der Waals surface area contributed by atoms with Crippen molar-refractivity contribution in [2.45, 2.75) is 52.4 Å². The molecule has 2 nitrogen and oxygen atoms in total. The molecule has 0 amide bonds. The molecule has 3 heteroatoms. The monoisotopic (exact) mass is 246 g/mol. The predicted molar refractivity (Wildman–Crippen MR) is 67.8 cm³/mol. The lowest BCUT2D eigenvalue weighted by Gasteiger charge is -2.30. The minimum atomic E-state index is -0.278. The average molecular weight is 247 g/mol. The SMILES string of the molecule is CCCCOC(CCl)OC1C=CCC1(C)C. The van der Waals surface area contributed by atoms with E-state index < -0.39 is 0 Å². The Labute approximate surface area is 104 Å². The van der Waals surface area contributed by atoms with Crippen molar-refractivity contribution in [1.29, 1.82) is 0 Å². The topological polar surface area (TPSA) is 18.5 Å². The Kier molecular flexibility index (Phi) is 5.81. The van der Waals surface area contributed by atoms with Gasteiger partial charge in [0.05, 0.1) is 12.0 Å². The first-order valence-corrected chi connectivity index (χ1v) is 6.63. The Balaban J connectivity index is 2.35. The van der Waals surface area contributed by atoms with Crippen LogP contribution in [0.1, 0.15) is 40.0 Å². The second-order valence-corrected chi connectivity index (χ2v) is 5.29. The van der Waals surface area contributed by atoms with Crippen LogP contribution >= 0.6 is 11.6 Å². The van der Waals surface area contributed by atoms with Crippen LogP contribution in [0.5, 0.6) is 0 Å². The van der Waals surface area contributed by atoms with Crippen LogP contribution in [0.2, 0.25) is 0 Å². The number of halogens is 1. The number of allylic oxidation sites excluding steroid dienone is 1. The van der Waals surface area contributed by atoms with Crippen LogP contribution in [0.25, 0.3) is 0 Å². The van der Waals surface area contributed by atoms with Crippen LogP contribution in [-0.4, -0.2) is 24.9 Å². The van der Waals surface area contributed by atoms with Gasteiger partial charge in [0.25, 0.3) is 0 Å². The third kappa shape index (κ3) is 4.08. The van der Waals surface area contributed by atoms with E-state index in [-0.39, 0.29) is 17.8 Å². The zero-order chi connectivity index (χ0) is 12.0. The van der Waals surface area contributed by atoms with E-state index in [2.05, 4.69) is 32.9 Å². The fourth-order valence-electron chi connectivity index (χ4n) is 1.74. The molecule has 94 valence electrons. The van der Waals surface area contributed by atoms with Gasteiger partial charge in [0.1, 0.15) is 0 Å². The second-order valence-electron chi connectivity index (χ2n) is 4.99. The molecule has 0 saturated heterocycles. The number of hydrogen-bond donors (Lipinski definition) is 0. The second kappa shape index (κ2) is 6.63. The molecule has 1 aliphatic rings. The Morgan fingerprint density at radius 3 is 2.75 bits per heavy atom. The lowest BCUT2D eigenvalue weighted by atomic mass is 9.88. The maximum absolute atomic E-state index is 5.88. The number of alkyl halides is 1. The zero-order valence-electron chi connectivity index (χ0n) is 10.5. The summed E-state index contributed by atoms with van der Waals surface area (Å²) in [6, 6.07) is 0. The molecule has 2 unspecified atom stereocenters. The first kappa shape index (κ1) is 14.0. The predicted octanol–water partition coefficient (Wildman–Crippen LogP) is 3.74. The Hall–Kier alpha value is -0.0500. The molecule has 2 atom stereocenters. The quantitative estimate of drug-likeness (QED) is 0.295. The van der Waals surface area contributed by atoms with E-state index >= 15 is 0 Å². The van der Waals surface area contributed by atoms with Gasteiger partial charge >= 0.3 is 0 Å². The fourth-order valence-corrected chi connectivity index (χ4v) is 1.91. The zero-order valence-corrected chi connectivity index (χ0v) is 11.3. The van der Waals surface area contributed by atoms with Crippen LogP contribution in [0.15, 0.2) is 12.2 Å². The van der Waals surface area contributed by atoms with E-state index in [0.717, 1.165) is 25.9 Å². The molecule has 0 bridgehead atoms. The summed E-state index contributed by atoms with van der Waals surface area (Å²) in [6.07, 6.45) is 7.37. The summed E-state index contributed by atoms with van der Waals surface area (Å²) in [5, 5.41) is 0. The molecule has 16 heavy (non-hydrogen) atoms. The minimum absolute atomic E-state index is 0.123. The van der Waals surface area contributed by atoms with Crippen molar-refractivity contribution in [3.63, 3.8) is 0 Å². The summed E-state index contributed by atoms with van der Waals surface area (Å²) in [7, 11) is 0. The van der Waals surface area contributed by atoms with Gasteiger partial charge in [-0.25, -0.2) is 0 Å². The van der Waals surface area contributed by atoms with Crippen LogP contribution in [0, 0.1) is 5.41 Å². The first-order valence-electron chi connectivity index (χ1n) is 6.10. The van der Waals surface area contributed by atoms with Gasteiger partial charge in [-0.2, -0.15) is 0 Å². The van der Waals surface area contributed by atoms with Gasteiger partial charge in [-0.05, 0) is 18.3 Å². The summed E-state index contributed by atoms with van der Waals surface area (Å²) in [4.78, 5) is 0. The lowest BCUT2D eigenvalue weighted by Crippen LogP contribution is -2.33. The number of unbranched alkanes of at least 4 members (excludes halogenated alkanes) is 1. The highest BCUT2D eigenvalue weighted by atomic mass is 35.5. The number of hydrogen-bond acceptors (Lipinski definition) is 2. The van der Waals surface area contributed by atoms with Gasteiger partial charge in [0.2, 0.25) is 0 Å². The van der Waals surface area contributed by atoms with Gasteiger partial charge < -0.3 is 9.47 Å². The number of rotatable bonds is 7. The van der Waals surface area contributed by atoms with E-state index in [9.17, 15) is 0 Å². The molecule has 0 spiro atoms. The standard InChI is InChI=1S/C13H23ClO2/c1-4-5-9-15-12(10-14)16-11-7-6-8-13(11,2)3/h6-7,11-12H,4-5,8-10H2,1-3H3. The maximum atomic E-state index is 5.88. The third-order valence-corrected chi connectivity index (χ3v) is 3.20. The fraction of sp³-hybridized carbons (Fsp3) is 0.846. The smallest absolute Gasteiger partial charge is 0.171 e. The normalized spacial score (nSPS) is 24.9. The Morgan fingerprint density at radius 2 is 2.25 bits per heavy atom. The van der Waals surface area contributed by atoms with E-state index in [4.69, 9.17) is 21.1 Å². The molecule has 0 aliphatic heterocycles. The van der Waals surface area contributed by atoms with Crippen molar-refractivity contribution in [3.8, 4) is 0 Å². The summed E-state index contributed by atoms with van der Waals surface area (Å²) >= 11 is 5.84. The molecular weight excluding hydrogens is 224 g/mol. The molecule has 1 rings (SSSR count). The van der Waals surface area contributed by atoms with Crippen molar-refractivity contribution < 1.29 is 9.47 Å². The van der Waals surface area contributed by atoms with Crippen molar-refractivity contribution in [2.75, 3.05) is 12.5 Å². The van der Waals surface area contributed by atoms with Crippen LogP contribution in [-0.2, 0) is 9.47 Å². The largest absolute Gasteiger partial charge is 0.351 e. The molecule has 0 radical (unpaired) electrons. The van der Waals surface area contributed by atoms with E-state index in [1.165, 1.54) is 0 Å². The molecule has 0 N–H and O–H groups in total. The van der Waals surface area contributed by atoms with Crippen molar-refractivity contribution in [1.82, 2.24) is 0 Å². The van der Waals surface area contributed by atoms with Gasteiger partial charge in [-0.15, -0.1) is 11.6 Å².